The zero-order valence-corrected chi connectivity index (χ0v) is 12.1. The second-order valence-corrected chi connectivity index (χ2v) is 5.10. The average Bonchev–Trinajstić information content (AvgIpc) is 2.49. The maximum Gasteiger partial charge on any atom is 0.271 e. The lowest BCUT2D eigenvalue weighted by Gasteiger charge is -2.06. The van der Waals surface area contributed by atoms with Crippen molar-refractivity contribution in [3.05, 3.63) is 59.2 Å². The third-order valence-corrected chi connectivity index (χ3v) is 3.15. The number of benzene rings is 1. The number of aromatic nitrogens is 2. The lowest BCUT2D eigenvalue weighted by Crippen LogP contribution is -2.27. The van der Waals surface area contributed by atoms with Gasteiger partial charge in [0.1, 0.15) is 5.82 Å². The molecule has 1 heterocycles. The summed E-state index contributed by atoms with van der Waals surface area (Å²) in [6.45, 7) is 4.38. The van der Waals surface area contributed by atoms with Crippen LogP contribution in [0.4, 0.5) is 4.39 Å². The Morgan fingerprint density at radius 3 is 2.57 bits per heavy atom. The van der Waals surface area contributed by atoms with Gasteiger partial charge >= 0.3 is 0 Å². The molecule has 2 aromatic rings. The molecule has 1 N–H and O–H groups in total. The fourth-order valence-electron chi connectivity index (χ4n) is 1.87. The van der Waals surface area contributed by atoms with E-state index in [9.17, 15) is 9.18 Å². The van der Waals surface area contributed by atoms with E-state index in [1.807, 2.05) is 13.8 Å². The van der Waals surface area contributed by atoms with E-state index in [1.54, 1.807) is 30.3 Å². The molecule has 0 bridgehead atoms. The summed E-state index contributed by atoms with van der Waals surface area (Å²) in [5, 5.41) is 10.6. The number of halogens is 1. The van der Waals surface area contributed by atoms with Crippen molar-refractivity contribution in [1.82, 2.24) is 15.5 Å². The van der Waals surface area contributed by atoms with Crippen molar-refractivity contribution in [2.75, 3.05) is 6.54 Å². The second kappa shape index (κ2) is 6.92. The number of hydrogen-bond donors (Lipinski definition) is 1. The van der Waals surface area contributed by atoms with E-state index in [2.05, 4.69) is 15.5 Å². The topological polar surface area (TPSA) is 54.9 Å². The van der Waals surface area contributed by atoms with Crippen LogP contribution in [0.5, 0.6) is 0 Å². The van der Waals surface area contributed by atoms with Crippen molar-refractivity contribution >= 4 is 5.91 Å². The monoisotopic (exact) mass is 287 g/mol. The fraction of sp³-hybridized carbons (Fsp3) is 0.312. The normalized spacial score (nSPS) is 10.7. The van der Waals surface area contributed by atoms with Gasteiger partial charge in [-0.1, -0.05) is 32.0 Å². The Bertz CT molecular complexity index is 611. The molecular formula is C16H18FN3O. The zero-order chi connectivity index (χ0) is 15.2. The predicted molar refractivity (Wildman–Crippen MR) is 78.6 cm³/mol. The maximum atomic E-state index is 13.4. The molecule has 21 heavy (non-hydrogen) atoms. The highest BCUT2D eigenvalue weighted by Gasteiger charge is 2.09. The summed E-state index contributed by atoms with van der Waals surface area (Å²) in [5.74, 6) is -0.280. The van der Waals surface area contributed by atoms with Crippen LogP contribution in [0, 0.1) is 5.82 Å². The Balaban J connectivity index is 1.88. The third-order valence-electron chi connectivity index (χ3n) is 3.15. The van der Waals surface area contributed by atoms with Gasteiger partial charge < -0.3 is 5.32 Å². The average molecular weight is 287 g/mol. The van der Waals surface area contributed by atoms with Gasteiger partial charge in [0.2, 0.25) is 0 Å². The van der Waals surface area contributed by atoms with E-state index in [1.165, 1.54) is 6.07 Å². The first-order chi connectivity index (χ1) is 10.1. The van der Waals surface area contributed by atoms with Crippen molar-refractivity contribution in [3.63, 3.8) is 0 Å². The number of nitrogens with one attached hydrogen (secondary N) is 1. The minimum Gasteiger partial charge on any atom is -0.350 e. The largest absolute Gasteiger partial charge is 0.350 e. The van der Waals surface area contributed by atoms with Crippen molar-refractivity contribution in [1.29, 1.82) is 0 Å². The summed E-state index contributed by atoms with van der Waals surface area (Å²) in [6.07, 6.45) is 0.440. The van der Waals surface area contributed by atoms with Crippen molar-refractivity contribution in [3.8, 4) is 0 Å². The molecule has 2 rings (SSSR count). The first kappa shape index (κ1) is 15.1. The van der Waals surface area contributed by atoms with E-state index in [4.69, 9.17) is 0 Å². The van der Waals surface area contributed by atoms with Crippen LogP contribution in [0.2, 0.25) is 0 Å². The smallest absolute Gasteiger partial charge is 0.271 e. The molecule has 1 aromatic carbocycles. The first-order valence-corrected chi connectivity index (χ1v) is 6.93. The summed E-state index contributed by atoms with van der Waals surface area (Å²) in [7, 11) is 0. The standard InChI is InChI=1S/C16H18FN3O/c1-11(2)14-7-8-15(20-19-14)16(21)18-10-9-12-5-3-4-6-13(12)17/h3-8,11H,9-10H2,1-2H3,(H,18,21). The molecule has 0 saturated carbocycles. The molecule has 5 heteroatoms. The van der Waals surface area contributed by atoms with Gasteiger partial charge in [0.15, 0.2) is 5.69 Å². The van der Waals surface area contributed by atoms with Crippen LogP contribution in [-0.2, 0) is 6.42 Å². The summed E-state index contributed by atoms with van der Waals surface area (Å²) < 4.78 is 13.4. The molecule has 0 saturated heterocycles. The van der Waals surface area contributed by atoms with Crippen molar-refractivity contribution in [2.24, 2.45) is 0 Å². The number of carbonyl (C=O) groups is 1. The highest BCUT2D eigenvalue weighted by molar-refractivity contribution is 5.92. The summed E-state index contributed by atoms with van der Waals surface area (Å²) >= 11 is 0. The molecule has 0 fully saturated rings. The van der Waals surface area contributed by atoms with Crippen LogP contribution in [-0.4, -0.2) is 22.6 Å². The van der Waals surface area contributed by atoms with Crippen LogP contribution in [0.25, 0.3) is 0 Å². The number of amides is 1. The Hall–Kier alpha value is -2.30. The van der Waals surface area contributed by atoms with Crippen LogP contribution in [0.3, 0.4) is 0 Å². The molecule has 0 aliphatic carbocycles. The minimum absolute atomic E-state index is 0.257. The molecule has 0 atom stereocenters. The third kappa shape index (κ3) is 4.08. The molecule has 110 valence electrons. The van der Waals surface area contributed by atoms with Gasteiger partial charge in [-0.15, -0.1) is 5.10 Å². The summed E-state index contributed by atoms with van der Waals surface area (Å²) in [5.41, 5.74) is 1.70. The Labute approximate surface area is 123 Å². The maximum absolute atomic E-state index is 13.4. The lowest BCUT2D eigenvalue weighted by molar-refractivity contribution is 0.0948. The van der Waals surface area contributed by atoms with E-state index >= 15 is 0 Å². The molecule has 1 aromatic heterocycles. The van der Waals surface area contributed by atoms with Crippen molar-refractivity contribution < 1.29 is 9.18 Å². The SMILES string of the molecule is CC(C)c1ccc(C(=O)NCCc2ccccc2F)nn1. The molecule has 0 unspecified atom stereocenters. The van der Waals surface area contributed by atoms with Gasteiger partial charge in [-0.25, -0.2) is 4.39 Å². The number of carbonyl (C=O) groups excluding carboxylic acids is 1. The van der Waals surface area contributed by atoms with Crippen LogP contribution in [0.1, 0.15) is 41.5 Å². The van der Waals surface area contributed by atoms with Gasteiger partial charge in [0, 0.05) is 6.54 Å². The molecule has 0 aliphatic rings. The fourth-order valence-corrected chi connectivity index (χ4v) is 1.87. The number of hydrogen-bond acceptors (Lipinski definition) is 3. The lowest BCUT2D eigenvalue weighted by atomic mass is 10.1. The Morgan fingerprint density at radius 2 is 1.95 bits per heavy atom. The highest BCUT2D eigenvalue weighted by atomic mass is 19.1. The summed E-state index contributed by atoms with van der Waals surface area (Å²) in [4.78, 5) is 11.9. The minimum atomic E-state index is -0.297. The van der Waals surface area contributed by atoms with Gasteiger partial charge in [-0.3, -0.25) is 4.79 Å². The number of nitrogens with zero attached hydrogens (tertiary/aromatic N) is 2. The summed E-state index contributed by atoms with van der Waals surface area (Å²) in [6, 6.07) is 9.98. The van der Waals surface area contributed by atoms with E-state index in [0.29, 0.717) is 18.5 Å². The molecule has 0 aliphatic heterocycles. The molecule has 0 spiro atoms. The van der Waals surface area contributed by atoms with E-state index < -0.39 is 0 Å². The van der Waals surface area contributed by atoms with Gasteiger partial charge in [-0.2, -0.15) is 5.10 Å². The van der Waals surface area contributed by atoms with Gasteiger partial charge in [-0.05, 0) is 36.1 Å². The van der Waals surface area contributed by atoms with Crippen LogP contribution < -0.4 is 5.32 Å². The number of rotatable bonds is 5. The molecule has 0 radical (unpaired) electrons. The zero-order valence-electron chi connectivity index (χ0n) is 12.1. The molecule has 4 nitrogen and oxygen atoms in total. The van der Waals surface area contributed by atoms with Gasteiger partial charge in [0.25, 0.3) is 5.91 Å². The second-order valence-electron chi connectivity index (χ2n) is 5.10. The predicted octanol–water partition coefficient (Wildman–Crippen LogP) is 2.71. The Kier molecular flexibility index (Phi) is 4.98. The Morgan fingerprint density at radius 1 is 1.19 bits per heavy atom. The van der Waals surface area contributed by atoms with Gasteiger partial charge in [0.05, 0.1) is 5.69 Å². The van der Waals surface area contributed by atoms with Crippen molar-refractivity contribution in [2.45, 2.75) is 26.2 Å². The highest BCUT2D eigenvalue weighted by Crippen LogP contribution is 2.10. The molecule has 1 amide bonds. The quantitative estimate of drug-likeness (QED) is 0.920. The van der Waals surface area contributed by atoms with E-state index in [-0.39, 0.29) is 23.3 Å². The first-order valence-electron chi connectivity index (χ1n) is 6.93. The van der Waals surface area contributed by atoms with E-state index in [0.717, 1.165) is 5.69 Å². The molecular weight excluding hydrogens is 269 g/mol. The van der Waals surface area contributed by atoms with Crippen LogP contribution in [0.15, 0.2) is 36.4 Å². The van der Waals surface area contributed by atoms with Crippen LogP contribution >= 0.6 is 0 Å².